The van der Waals surface area contributed by atoms with E-state index in [9.17, 15) is 20.4 Å². The van der Waals surface area contributed by atoms with E-state index in [-0.39, 0.29) is 25.5 Å². The number of rotatable bonds is 6. The van der Waals surface area contributed by atoms with Crippen LogP contribution in [0, 0.1) is 0 Å². The lowest BCUT2D eigenvalue weighted by Gasteiger charge is -2.40. The van der Waals surface area contributed by atoms with Gasteiger partial charge in [-0.05, 0) is 12.2 Å². The van der Waals surface area contributed by atoms with Gasteiger partial charge < -0.3 is 40.4 Å². The molecule has 1 aliphatic carbocycles. The van der Waals surface area contributed by atoms with E-state index in [1.165, 1.54) is 0 Å². The molecule has 0 amide bonds. The molecule has 0 bridgehead atoms. The van der Waals surface area contributed by atoms with Crippen LogP contribution < -0.4 is 5.73 Å². The summed E-state index contributed by atoms with van der Waals surface area (Å²) in [5.74, 6) is 0.934. The Morgan fingerprint density at radius 2 is 1.91 bits per heavy atom. The lowest BCUT2D eigenvalue weighted by molar-refractivity contribution is -0.300. The van der Waals surface area contributed by atoms with Gasteiger partial charge in [-0.2, -0.15) is 0 Å². The van der Waals surface area contributed by atoms with Crippen molar-refractivity contribution < 1.29 is 34.6 Å². The Hall–Kier alpha value is -1.16. The summed E-state index contributed by atoms with van der Waals surface area (Å²) in [6, 6.07) is 0. The summed E-state index contributed by atoms with van der Waals surface area (Å²) in [7, 11) is 0. The third-order valence-corrected chi connectivity index (χ3v) is 3.59. The Balaban J connectivity index is 1.91. The summed E-state index contributed by atoms with van der Waals surface area (Å²) < 4.78 is 16.2. The first kappa shape index (κ1) is 17.2. The van der Waals surface area contributed by atoms with E-state index in [0.717, 1.165) is 0 Å². The van der Waals surface area contributed by atoms with Crippen molar-refractivity contribution in [2.45, 2.75) is 43.5 Å². The molecule has 2 rings (SSSR count). The van der Waals surface area contributed by atoms with Crippen LogP contribution in [-0.4, -0.2) is 70.9 Å². The van der Waals surface area contributed by atoms with Crippen molar-refractivity contribution in [1.82, 2.24) is 0 Å². The third-order valence-electron chi connectivity index (χ3n) is 3.59. The SMILES string of the molecule is NCCO[C@H]1OC(COC2=CC=C(O)CC2)[C@H](O)C(O)C1O. The zero-order valence-corrected chi connectivity index (χ0v) is 12.2. The van der Waals surface area contributed by atoms with Crippen LogP contribution in [0.15, 0.2) is 23.7 Å². The third kappa shape index (κ3) is 4.19. The summed E-state index contributed by atoms with van der Waals surface area (Å²) in [5, 5.41) is 38.9. The molecule has 8 heteroatoms. The number of ether oxygens (including phenoxy) is 3. The zero-order valence-electron chi connectivity index (χ0n) is 12.2. The Bertz CT molecular complexity index is 425. The molecule has 6 N–H and O–H groups in total. The fraction of sp³-hybridized carbons (Fsp3) is 0.714. The quantitative estimate of drug-likeness (QED) is 0.417. The van der Waals surface area contributed by atoms with Crippen LogP contribution in [0.4, 0.5) is 0 Å². The van der Waals surface area contributed by atoms with Gasteiger partial charge in [0.05, 0.1) is 18.1 Å². The van der Waals surface area contributed by atoms with Crippen molar-refractivity contribution in [3.63, 3.8) is 0 Å². The topological polar surface area (TPSA) is 135 Å². The Kier molecular flexibility index (Phi) is 6.18. The lowest BCUT2D eigenvalue weighted by Crippen LogP contribution is -2.59. The molecule has 1 heterocycles. The minimum atomic E-state index is -1.39. The highest BCUT2D eigenvalue weighted by molar-refractivity contribution is 5.16. The number of aliphatic hydroxyl groups is 4. The van der Waals surface area contributed by atoms with Gasteiger partial charge in [-0.3, -0.25) is 0 Å². The number of hydrogen-bond acceptors (Lipinski definition) is 8. The highest BCUT2D eigenvalue weighted by atomic mass is 16.7. The van der Waals surface area contributed by atoms with E-state index >= 15 is 0 Å². The Morgan fingerprint density at radius 1 is 1.14 bits per heavy atom. The fourth-order valence-electron chi connectivity index (χ4n) is 2.29. The second-order valence-corrected chi connectivity index (χ2v) is 5.28. The van der Waals surface area contributed by atoms with Gasteiger partial charge in [-0.15, -0.1) is 0 Å². The first-order valence-corrected chi connectivity index (χ1v) is 7.25. The Morgan fingerprint density at radius 3 is 2.55 bits per heavy atom. The van der Waals surface area contributed by atoms with Crippen molar-refractivity contribution in [2.24, 2.45) is 5.73 Å². The molecule has 126 valence electrons. The molecular formula is C14H23NO7. The van der Waals surface area contributed by atoms with Gasteiger partial charge in [0.15, 0.2) is 6.29 Å². The maximum absolute atomic E-state index is 9.96. The molecule has 1 aliphatic heterocycles. The molecule has 2 aliphatic rings. The molecule has 0 spiro atoms. The maximum atomic E-state index is 9.96. The van der Waals surface area contributed by atoms with Crippen molar-refractivity contribution in [1.29, 1.82) is 0 Å². The van der Waals surface area contributed by atoms with Gasteiger partial charge in [-0.1, -0.05) is 0 Å². The standard InChI is InChI=1S/C14H23NO7/c15-5-6-20-14-13(19)12(18)11(17)10(22-14)7-21-9-3-1-8(16)2-4-9/h1,3,10-14,16-19H,2,4-7,15H2/t10?,11-,12?,13?,14-/m0/s1. The predicted molar refractivity (Wildman–Crippen MR) is 75.7 cm³/mol. The molecule has 0 aromatic carbocycles. The van der Waals surface area contributed by atoms with Gasteiger partial charge in [0.25, 0.3) is 0 Å². The molecule has 1 saturated heterocycles. The molecule has 8 nitrogen and oxygen atoms in total. The van der Waals surface area contributed by atoms with Crippen molar-refractivity contribution in [3.8, 4) is 0 Å². The lowest BCUT2D eigenvalue weighted by atomic mass is 9.99. The van der Waals surface area contributed by atoms with E-state index in [0.29, 0.717) is 18.6 Å². The van der Waals surface area contributed by atoms with Crippen LogP contribution in [0.1, 0.15) is 12.8 Å². The van der Waals surface area contributed by atoms with E-state index in [4.69, 9.17) is 19.9 Å². The average Bonchev–Trinajstić information content (AvgIpc) is 2.52. The average molecular weight is 317 g/mol. The fourth-order valence-corrected chi connectivity index (χ4v) is 2.29. The number of allylic oxidation sites excluding steroid dienone is 4. The first-order chi connectivity index (χ1) is 10.5. The summed E-state index contributed by atoms with van der Waals surface area (Å²) in [5.41, 5.74) is 5.32. The van der Waals surface area contributed by atoms with Crippen molar-refractivity contribution >= 4 is 0 Å². The highest BCUT2D eigenvalue weighted by Gasteiger charge is 2.44. The zero-order chi connectivity index (χ0) is 16.1. The second kappa shape index (κ2) is 7.91. The number of hydrogen-bond donors (Lipinski definition) is 5. The molecule has 0 saturated carbocycles. The molecule has 22 heavy (non-hydrogen) atoms. The van der Waals surface area contributed by atoms with Crippen LogP contribution in [0.3, 0.4) is 0 Å². The van der Waals surface area contributed by atoms with Gasteiger partial charge in [0.2, 0.25) is 0 Å². The van der Waals surface area contributed by atoms with Crippen molar-refractivity contribution in [2.75, 3.05) is 19.8 Å². The van der Waals surface area contributed by atoms with Crippen LogP contribution in [0.25, 0.3) is 0 Å². The van der Waals surface area contributed by atoms with Crippen LogP contribution >= 0.6 is 0 Å². The smallest absolute Gasteiger partial charge is 0.186 e. The van der Waals surface area contributed by atoms with Crippen LogP contribution in [-0.2, 0) is 14.2 Å². The largest absolute Gasteiger partial charge is 0.512 e. The number of nitrogens with two attached hydrogens (primary N) is 1. The molecule has 1 fully saturated rings. The first-order valence-electron chi connectivity index (χ1n) is 7.25. The molecule has 0 aromatic heterocycles. The van der Waals surface area contributed by atoms with Gasteiger partial charge in [0, 0.05) is 19.4 Å². The van der Waals surface area contributed by atoms with E-state index in [1.54, 1.807) is 12.2 Å². The number of aliphatic hydroxyl groups excluding tert-OH is 4. The van der Waals surface area contributed by atoms with E-state index in [2.05, 4.69) is 0 Å². The van der Waals surface area contributed by atoms with Gasteiger partial charge in [0.1, 0.15) is 31.0 Å². The summed E-state index contributed by atoms with van der Waals surface area (Å²) >= 11 is 0. The van der Waals surface area contributed by atoms with Gasteiger partial charge >= 0.3 is 0 Å². The molecule has 0 radical (unpaired) electrons. The minimum Gasteiger partial charge on any atom is -0.512 e. The second-order valence-electron chi connectivity index (χ2n) is 5.28. The minimum absolute atomic E-state index is 0.00608. The summed E-state index contributed by atoms with van der Waals surface area (Å²) in [4.78, 5) is 0. The highest BCUT2D eigenvalue weighted by Crippen LogP contribution is 2.24. The van der Waals surface area contributed by atoms with Crippen LogP contribution in [0.2, 0.25) is 0 Å². The summed E-state index contributed by atoms with van der Waals surface area (Å²) in [6.07, 6.45) is -1.74. The van der Waals surface area contributed by atoms with Crippen molar-refractivity contribution in [3.05, 3.63) is 23.7 Å². The maximum Gasteiger partial charge on any atom is 0.186 e. The van der Waals surface area contributed by atoms with E-state index < -0.39 is 30.7 Å². The normalized spacial score (nSPS) is 35.7. The van der Waals surface area contributed by atoms with Gasteiger partial charge in [-0.25, -0.2) is 0 Å². The molecule has 0 aromatic rings. The Labute approximate surface area is 128 Å². The predicted octanol–water partition coefficient (Wildman–Crippen LogP) is -1.09. The molecule has 3 unspecified atom stereocenters. The molecule has 5 atom stereocenters. The molecular weight excluding hydrogens is 294 g/mol. The summed E-state index contributed by atoms with van der Waals surface area (Å²) in [6.45, 7) is 0.399. The van der Waals surface area contributed by atoms with E-state index in [1.807, 2.05) is 0 Å². The van der Waals surface area contributed by atoms with Crippen LogP contribution in [0.5, 0.6) is 0 Å². The monoisotopic (exact) mass is 317 g/mol.